The molecule has 1 aliphatic heterocycles. The van der Waals surface area contributed by atoms with Crippen LogP contribution in [-0.2, 0) is 6.42 Å². The van der Waals surface area contributed by atoms with Gasteiger partial charge in [0.2, 0.25) is 0 Å². The summed E-state index contributed by atoms with van der Waals surface area (Å²) in [5.74, 6) is 0. The summed E-state index contributed by atoms with van der Waals surface area (Å²) in [6, 6.07) is 4.21. The fourth-order valence-corrected chi connectivity index (χ4v) is 2.81. The van der Waals surface area contributed by atoms with Crippen LogP contribution in [0.4, 0.5) is 0 Å². The molecule has 0 aromatic carbocycles. The highest BCUT2D eigenvalue weighted by Gasteiger charge is 2.32. The monoisotopic (exact) mass is 197 g/mol. The van der Waals surface area contributed by atoms with E-state index >= 15 is 0 Å². The molecule has 1 aromatic heterocycles. The molecule has 2 nitrogen and oxygen atoms in total. The topological polar surface area (TPSA) is 32.3 Å². The fraction of sp³-hybridized carbons (Fsp3) is 0.600. The van der Waals surface area contributed by atoms with Crippen molar-refractivity contribution in [1.29, 1.82) is 0 Å². The van der Waals surface area contributed by atoms with Gasteiger partial charge in [0.25, 0.3) is 0 Å². The number of aliphatic hydroxyl groups excluding tert-OH is 1. The maximum Gasteiger partial charge on any atom is 0.0616 e. The highest BCUT2D eigenvalue weighted by Crippen LogP contribution is 2.25. The van der Waals surface area contributed by atoms with Crippen LogP contribution >= 0.6 is 11.3 Å². The molecular formula is C10H15NOS. The molecule has 0 aliphatic carbocycles. The lowest BCUT2D eigenvalue weighted by molar-refractivity contribution is 0.178. The van der Waals surface area contributed by atoms with Crippen LogP contribution in [-0.4, -0.2) is 23.8 Å². The van der Waals surface area contributed by atoms with Crippen LogP contribution in [0.15, 0.2) is 17.5 Å². The molecule has 1 unspecified atom stereocenters. The van der Waals surface area contributed by atoms with Gasteiger partial charge in [0.05, 0.1) is 6.61 Å². The van der Waals surface area contributed by atoms with Gasteiger partial charge >= 0.3 is 0 Å². The predicted octanol–water partition coefficient (Wildman–Crippen LogP) is 1.41. The molecule has 0 spiro atoms. The third kappa shape index (κ3) is 1.93. The van der Waals surface area contributed by atoms with Gasteiger partial charge in [0.1, 0.15) is 0 Å². The minimum atomic E-state index is -0.0230. The fourth-order valence-electron chi connectivity index (χ4n) is 1.96. The van der Waals surface area contributed by atoms with Crippen molar-refractivity contribution in [2.24, 2.45) is 0 Å². The van der Waals surface area contributed by atoms with Crippen molar-refractivity contribution < 1.29 is 5.11 Å². The van der Waals surface area contributed by atoms with Crippen LogP contribution in [0.5, 0.6) is 0 Å². The van der Waals surface area contributed by atoms with E-state index in [1.165, 1.54) is 11.3 Å². The van der Waals surface area contributed by atoms with Crippen LogP contribution in [0.3, 0.4) is 0 Å². The normalized spacial score (nSPS) is 28.1. The van der Waals surface area contributed by atoms with Gasteiger partial charge in [-0.05, 0) is 30.8 Å². The van der Waals surface area contributed by atoms with Crippen molar-refractivity contribution in [2.75, 3.05) is 13.2 Å². The Labute approximate surface area is 82.6 Å². The van der Waals surface area contributed by atoms with Crippen molar-refractivity contribution in [3.05, 3.63) is 22.4 Å². The molecule has 1 fully saturated rings. The van der Waals surface area contributed by atoms with Gasteiger partial charge in [0, 0.05) is 16.8 Å². The minimum Gasteiger partial charge on any atom is -0.394 e. The van der Waals surface area contributed by atoms with E-state index in [0.717, 1.165) is 19.4 Å². The molecule has 2 rings (SSSR count). The highest BCUT2D eigenvalue weighted by atomic mass is 32.1. The van der Waals surface area contributed by atoms with Crippen LogP contribution < -0.4 is 5.32 Å². The average molecular weight is 197 g/mol. The zero-order chi connectivity index (χ0) is 9.15. The zero-order valence-electron chi connectivity index (χ0n) is 7.62. The van der Waals surface area contributed by atoms with Crippen LogP contribution in [0.25, 0.3) is 0 Å². The van der Waals surface area contributed by atoms with E-state index in [2.05, 4.69) is 22.8 Å². The number of nitrogens with one attached hydrogen (secondary N) is 1. The van der Waals surface area contributed by atoms with Crippen molar-refractivity contribution in [3.63, 3.8) is 0 Å². The Hall–Kier alpha value is -0.380. The van der Waals surface area contributed by atoms with Gasteiger partial charge in [-0.15, -0.1) is 11.3 Å². The first-order chi connectivity index (χ1) is 6.35. The summed E-state index contributed by atoms with van der Waals surface area (Å²) in [6.45, 7) is 1.30. The Balaban J connectivity index is 2.06. The van der Waals surface area contributed by atoms with E-state index in [1.807, 2.05) is 0 Å². The first-order valence-electron chi connectivity index (χ1n) is 4.73. The summed E-state index contributed by atoms with van der Waals surface area (Å²) >= 11 is 1.77. The lowest BCUT2D eigenvalue weighted by Crippen LogP contribution is -2.45. The van der Waals surface area contributed by atoms with Gasteiger partial charge in [-0.1, -0.05) is 6.07 Å². The molecule has 1 aromatic rings. The summed E-state index contributed by atoms with van der Waals surface area (Å²) < 4.78 is 0. The molecule has 3 heteroatoms. The summed E-state index contributed by atoms with van der Waals surface area (Å²) in [6.07, 6.45) is 3.26. The molecule has 72 valence electrons. The van der Waals surface area contributed by atoms with Crippen molar-refractivity contribution in [3.8, 4) is 0 Å². The van der Waals surface area contributed by atoms with E-state index < -0.39 is 0 Å². The van der Waals surface area contributed by atoms with Gasteiger partial charge in [0.15, 0.2) is 0 Å². The molecular weight excluding hydrogens is 182 g/mol. The van der Waals surface area contributed by atoms with E-state index in [0.29, 0.717) is 0 Å². The van der Waals surface area contributed by atoms with Crippen molar-refractivity contribution >= 4 is 11.3 Å². The lowest BCUT2D eigenvalue weighted by Gasteiger charge is -2.26. The predicted molar refractivity (Wildman–Crippen MR) is 55.1 cm³/mol. The Kier molecular flexibility index (Phi) is 2.67. The number of hydrogen-bond acceptors (Lipinski definition) is 3. The number of thiophene rings is 1. The number of rotatable bonds is 3. The van der Waals surface area contributed by atoms with Crippen molar-refractivity contribution in [1.82, 2.24) is 5.32 Å². The van der Waals surface area contributed by atoms with E-state index in [1.54, 1.807) is 11.3 Å². The minimum absolute atomic E-state index is 0.0230. The summed E-state index contributed by atoms with van der Waals surface area (Å²) in [7, 11) is 0. The lowest BCUT2D eigenvalue weighted by atomic mass is 9.94. The summed E-state index contributed by atoms with van der Waals surface area (Å²) in [5, 5.41) is 14.9. The standard InChI is InChI=1S/C10H15NOS/c12-8-10(4-2-5-11-10)7-9-3-1-6-13-9/h1,3,6,11-12H,2,4-5,7-8H2. The third-order valence-electron chi connectivity index (χ3n) is 2.73. The summed E-state index contributed by atoms with van der Waals surface area (Å²) in [5.41, 5.74) is -0.0230. The first-order valence-corrected chi connectivity index (χ1v) is 5.61. The van der Waals surface area contributed by atoms with E-state index in [4.69, 9.17) is 0 Å². The molecule has 1 aliphatic rings. The maximum absolute atomic E-state index is 9.36. The second-order valence-corrected chi connectivity index (χ2v) is 4.76. The van der Waals surface area contributed by atoms with Crippen molar-refractivity contribution in [2.45, 2.75) is 24.8 Å². The molecule has 0 bridgehead atoms. The Morgan fingerprint density at radius 3 is 3.08 bits per heavy atom. The second kappa shape index (κ2) is 3.78. The largest absolute Gasteiger partial charge is 0.394 e. The van der Waals surface area contributed by atoms with Gasteiger partial charge in [-0.25, -0.2) is 0 Å². The smallest absolute Gasteiger partial charge is 0.0616 e. The van der Waals surface area contributed by atoms with Crippen LogP contribution in [0.1, 0.15) is 17.7 Å². The SMILES string of the molecule is OCC1(Cc2cccs2)CCCN1. The van der Waals surface area contributed by atoms with Gasteiger partial charge in [-0.2, -0.15) is 0 Å². The number of aliphatic hydroxyl groups is 1. The zero-order valence-corrected chi connectivity index (χ0v) is 8.44. The molecule has 2 heterocycles. The Morgan fingerprint density at radius 1 is 1.62 bits per heavy atom. The van der Waals surface area contributed by atoms with Gasteiger partial charge < -0.3 is 10.4 Å². The molecule has 2 N–H and O–H groups in total. The van der Waals surface area contributed by atoms with Crippen LogP contribution in [0.2, 0.25) is 0 Å². The molecule has 1 atom stereocenters. The second-order valence-electron chi connectivity index (χ2n) is 3.72. The molecule has 1 saturated heterocycles. The van der Waals surface area contributed by atoms with E-state index in [-0.39, 0.29) is 12.1 Å². The molecule has 13 heavy (non-hydrogen) atoms. The number of hydrogen-bond donors (Lipinski definition) is 2. The average Bonchev–Trinajstić information content (AvgIpc) is 2.77. The van der Waals surface area contributed by atoms with Gasteiger partial charge in [-0.3, -0.25) is 0 Å². The third-order valence-corrected chi connectivity index (χ3v) is 3.60. The maximum atomic E-state index is 9.36. The highest BCUT2D eigenvalue weighted by molar-refractivity contribution is 7.09. The Morgan fingerprint density at radius 2 is 2.54 bits per heavy atom. The molecule has 0 saturated carbocycles. The van der Waals surface area contributed by atoms with Crippen LogP contribution in [0, 0.1) is 0 Å². The quantitative estimate of drug-likeness (QED) is 0.768. The van der Waals surface area contributed by atoms with E-state index in [9.17, 15) is 5.11 Å². The Bertz CT molecular complexity index is 252. The molecule has 0 amide bonds. The first kappa shape index (κ1) is 9.19. The molecule has 0 radical (unpaired) electrons. The summed E-state index contributed by atoms with van der Waals surface area (Å²) in [4.78, 5) is 1.36.